The largest absolute Gasteiger partial charge is 0.478 e. The standard InChI is InChI=1S/C23H20Cl2N4O3/c1-2-19-27-21-15(23(30)31)10-13(28-6-8-32-9-7-28)11-18(21)29(19)22-14-4-3-5-16(24)20(14)26-12-17(22)25/h3-5,10-12H,2,6-9H2,1H3,(H,30,31). The molecule has 0 saturated carbocycles. The van der Waals surface area contributed by atoms with Gasteiger partial charge in [-0.05, 0) is 18.2 Å². The summed E-state index contributed by atoms with van der Waals surface area (Å²) >= 11 is 13.1. The maximum atomic E-state index is 12.2. The van der Waals surface area contributed by atoms with Crippen LogP contribution >= 0.6 is 23.2 Å². The molecule has 0 spiro atoms. The van der Waals surface area contributed by atoms with Gasteiger partial charge in [0.1, 0.15) is 11.3 Å². The zero-order valence-corrected chi connectivity index (χ0v) is 18.8. The number of hydrogen-bond acceptors (Lipinski definition) is 5. The summed E-state index contributed by atoms with van der Waals surface area (Å²) in [7, 11) is 0. The lowest BCUT2D eigenvalue weighted by Gasteiger charge is -2.29. The highest BCUT2D eigenvalue weighted by atomic mass is 35.5. The molecule has 1 fully saturated rings. The van der Waals surface area contributed by atoms with E-state index in [9.17, 15) is 9.90 Å². The molecular formula is C23H20Cl2N4O3. The van der Waals surface area contributed by atoms with Gasteiger partial charge in [0, 0.05) is 36.8 Å². The van der Waals surface area contributed by atoms with Crippen molar-refractivity contribution in [1.29, 1.82) is 0 Å². The number of benzene rings is 2. The number of rotatable bonds is 4. The fraction of sp³-hybridized carbons (Fsp3) is 0.261. The number of morpholine rings is 1. The lowest BCUT2D eigenvalue weighted by molar-refractivity contribution is 0.0699. The van der Waals surface area contributed by atoms with Crippen molar-refractivity contribution in [3.63, 3.8) is 0 Å². The van der Waals surface area contributed by atoms with E-state index in [-0.39, 0.29) is 5.56 Å². The second-order valence-electron chi connectivity index (χ2n) is 7.57. The van der Waals surface area contributed by atoms with Gasteiger partial charge in [-0.2, -0.15) is 0 Å². The van der Waals surface area contributed by atoms with E-state index in [1.807, 2.05) is 29.7 Å². The van der Waals surface area contributed by atoms with E-state index in [2.05, 4.69) is 9.88 Å². The van der Waals surface area contributed by atoms with Crippen LogP contribution in [-0.2, 0) is 11.2 Å². The normalized spacial score (nSPS) is 14.4. The van der Waals surface area contributed by atoms with Crippen LogP contribution in [0.3, 0.4) is 0 Å². The molecule has 1 N–H and O–H groups in total. The number of aromatic nitrogens is 3. The molecule has 4 aromatic rings. The van der Waals surface area contributed by atoms with Crippen molar-refractivity contribution in [3.8, 4) is 5.69 Å². The van der Waals surface area contributed by atoms with Gasteiger partial charge in [0.15, 0.2) is 0 Å². The summed E-state index contributed by atoms with van der Waals surface area (Å²) < 4.78 is 7.40. The number of pyridine rings is 1. The molecule has 164 valence electrons. The Hall–Kier alpha value is -2.87. The molecule has 7 nitrogen and oxygen atoms in total. The van der Waals surface area contributed by atoms with Crippen LogP contribution < -0.4 is 4.90 Å². The third-order valence-electron chi connectivity index (χ3n) is 5.74. The Labute approximate surface area is 194 Å². The first-order valence-corrected chi connectivity index (χ1v) is 11.1. The molecule has 0 bridgehead atoms. The number of carboxylic acids is 1. The second kappa shape index (κ2) is 8.24. The summed E-state index contributed by atoms with van der Waals surface area (Å²) in [5.41, 5.74) is 3.39. The number of hydrogen-bond donors (Lipinski definition) is 1. The number of aromatic carboxylic acids is 1. The number of carbonyl (C=O) groups is 1. The van der Waals surface area contributed by atoms with E-state index in [0.29, 0.717) is 70.8 Å². The van der Waals surface area contributed by atoms with Gasteiger partial charge in [0.2, 0.25) is 0 Å². The number of anilines is 1. The molecule has 0 unspecified atom stereocenters. The quantitative estimate of drug-likeness (QED) is 0.453. The SMILES string of the molecule is CCc1nc2c(C(=O)O)cc(N3CCOCC3)cc2n1-c1c(Cl)cnc2c(Cl)cccc12. The summed E-state index contributed by atoms with van der Waals surface area (Å²) in [5, 5.41) is 11.7. The minimum Gasteiger partial charge on any atom is -0.478 e. The molecule has 5 rings (SSSR count). The maximum Gasteiger partial charge on any atom is 0.338 e. The first kappa shape index (κ1) is 21.0. The zero-order chi connectivity index (χ0) is 22.4. The lowest BCUT2D eigenvalue weighted by atomic mass is 10.1. The summed E-state index contributed by atoms with van der Waals surface area (Å²) in [6, 6.07) is 9.20. The number of ether oxygens (including phenoxy) is 1. The number of fused-ring (bicyclic) bond motifs is 2. The number of aryl methyl sites for hydroxylation is 1. The molecule has 2 aromatic carbocycles. The van der Waals surface area contributed by atoms with E-state index in [0.717, 1.165) is 11.1 Å². The van der Waals surface area contributed by atoms with Crippen LogP contribution in [0.4, 0.5) is 5.69 Å². The fourth-order valence-corrected chi connectivity index (χ4v) is 4.70. The Bertz CT molecular complexity index is 1360. The van der Waals surface area contributed by atoms with Gasteiger partial charge in [-0.3, -0.25) is 9.55 Å². The molecule has 1 aliphatic heterocycles. The molecule has 0 radical (unpaired) electrons. The van der Waals surface area contributed by atoms with Gasteiger partial charge in [-0.25, -0.2) is 9.78 Å². The molecule has 3 heterocycles. The number of nitrogens with zero attached hydrogens (tertiary/aromatic N) is 4. The van der Waals surface area contributed by atoms with Crippen molar-refractivity contribution in [1.82, 2.24) is 14.5 Å². The zero-order valence-electron chi connectivity index (χ0n) is 17.3. The molecule has 0 aliphatic carbocycles. The summed E-state index contributed by atoms with van der Waals surface area (Å²) in [6.07, 6.45) is 2.15. The maximum absolute atomic E-state index is 12.2. The molecular weight excluding hydrogens is 451 g/mol. The van der Waals surface area contributed by atoms with Crippen LogP contribution in [0.15, 0.2) is 36.5 Å². The van der Waals surface area contributed by atoms with Gasteiger partial charge < -0.3 is 14.7 Å². The monoisotopic (exact) mass is 470 g/mol. The number of carboxylic acid groups (broad SMARTS) is 1. The molecule has 9 heteroatoms. The first-order chi connectivity index (χ1) is 15.5. The smallest absolute Gasteiger partial charge is 0.338 e. The van der Waals surface area contributed by atoms with Crippen molar-refractivity contribution in [3.05, 3.63) is 58.0 Å². The van der Waals surface area contributed by atoms with Crippen LogP contribution in [0.1, 0.15) is 23.1 Å². The van der Waals surface area contributed by atoms with Crippen molar-refractivity contribution >= 4 is 56.8 Å². The average Bonchev–Trinajstić information content (AvgIpc) is 3.17. The number of imidazole rings is 1. The van der Waals surface area contributed by atoms with Gasteiger partial charge >= 0.3 is 5.97 Å². The molecule has 1 saturated heterocycles. The average molecular weight is 471 g/mol. The number of halogens is 2. The van der Waals surface area contributed by atoms with E-state index in [1.165, 1.54) is 0 Å². The highest BCUT2D eigenvalue weighted by Crippen LogP contribution is 2.37. The molecule has 2 aromatic heterocycles. The summed E-state index contributed by atoms with van der Waals surface area (Å²) in [6.45, 7) is 4.55. The van der Waals surface area contributed by atoms with E-state index in [4.69, 9.17) is 32.9 Å². The highest BCUT2D eigenvalue weighted by Gasteiger charge is 2.24. The van der Waals surface area contributed by atoms with E-state index >= 15 is 0 Å². The minimum absolute atomic E-state index is 0.157. The van der Waals surface area contributed by atoms with Crippen LogP contribution in [0.25, 0.3) is 27.6 Å². The fourth-order valence-electron chi connectivity index (χ4n) is 4.24. The summed E-state index contributed by atoms with van der Waals surface area (Å²) in [5.74, 6) is -0.317. The van der Waals surface area contributed by atoms with E-state index in [1.54, 1.807) is 18.3 Å². The molecule has 0 amide bonds. The Kier molecular flexibility index (Phi) is 5.41. The Morgan fingerprint density at radius 1 is 1.16 bits per heavy atom. The van der Waals surface area contributed by atoms with Crippen LogP contribution in [-0.4, -0.2) is 51.9 Å². The van der Waals surface area contributed by atoms with Gasteiger partial charge in [-0.1, -0.05) is 42.3 Å². The third-order valence-corrected chi connectivity index (χ3v) is 6.32. The van der Waals surface area contributed by atoms with Crippen molar-refractivity contribution < 1.29 is 14.6 Å². The van der Waals surface area contributed by atoms with Crippen LogP contribution in [0.5, 0.6) is 0 Å². The third kappa shape index (κ3) is 3.37. The van der Waals surface area contributed by atoms with Crippen molar-refractivity contribution in [2.24, 2.45) is 0 Å². The van der Waals surface area contributed by atoms with Crippen molar-refractivity contribution in [2.75, 3.05) is 31.2 Å². The topological polar surface area (TPSA) is 80.5 Å². The van der Waals surface area contributed by atoms with Crippen LogP contribution in [0.2, 0.25) is 10.0 Å². The van der Waals surface area contributed by atoms with Gasteiger partial charge in [0.25, 0.3) is 0 Å². The second-order valence-corrected chi connectivity index (χ2v) is 8.39. The predicted octanol–water partition coefficient (Wildman–Crippen LogP) is 4.98. The number of para-hydroxylation sites is 1. The Balaban J connectivity index is 1.87. The Morgan fingerprint density at radius 3 is 2.66 bits per heavy atom. The Morgan fingerprint density at radius 2 is 1.94 bits per heavy atom. The van der Waals surface area contributed by atoms with Crippen molar-refractivity contribution in [2.45, 2.75) is 13.3 Å². The molecule has 0 atom stereocenters. The first-order valence-electron chi connectivity index (χ1n) is 10.3. The molecule has 1 aliphatic rings. The van der Waals surface area contributed by atoms with E-state index < -0.39 is 5.97 Å². The predicted molar refractivity (Wildman–Crippen MR) is 126 cm³/mol. The lowest BCUT2D eigenvalue weighted by Crippen LogP contribution is -2.36. The highest BCUT2D eigenvalue weighted by molar-refractivity contribution is 6.37. The van der Waals surface area contributed by atoms with Gasteiger partial charge in [0.05, 0.1) is 45.5 Å². The van der Waals surface area contributed by atoms with Crippen LogP contribution in [0, 0.1) is 0 Å². The summed E-state index contributed by atoms with van der Waals surface area (Å²) in [4.78, 5) is 23.4. The van der Waals surface area contributed by atoms with Gasteiger partial charge in [-0.15, -0.1) is 0 Å². The minimum atomic E-state index is -1.02. The molecule has 32 heavy (non-hydrogen) atoms.